The summed E-state index contributed by atoms with van der Waals surface area (Å²) in [5, 5.41) is 9.21. The summed E-state index contributed by atoms with van der Waals surface area (Å²) in [6, 6.07) is 10.2. The summed E-state index contributed by atoms with van der Waals surface area (Å²) in [6.07, 6.45) is 1.90. The highest BCUT2D eigenvalue weighted by Crippen LogP contribution is 2.39. The molecule has 1 fully saturated rings. The fourth-order valence-electron chi connectivity index (χ4n) is 1.73. The highest BCUT2D eigenvalue weighted by Gasteiger charge is 2.36. The minimum Gasteiger partial charge on any atom is -0.481 e. The highest BCUT2D eigenvalue weighted by atomic mass is 32.2. The summed E-state index contributed by atoms with van der Waals surface area (Å²) in [7, 11) is 0. The van der Waals surface area contributed by atoms with Gasteiger partial charge in [-0.15, -0.1) is 0 Å². The van der Waals surface area contributed by atoms with Gasteiger partial charge in [0.05, 0.1) is 5.92 Å². The number of carbonyl (C=O) groups is 1. The van der Waals surface area contributed by atoms with Crippen LogP contribution in [0.2, 0.25) is 0 Å². The minimum absolute atomic E-state index is 0.112. The molecule has 0 aliphatic heterocycles. The largest absolute Gasteiger partial charge is 0.481 e. The number of carboxylic acid groups (broad SMARTS) is 1. The van der Waals surface area contributed by atoms with Crippen LogP contribution in [0.5, 0.6) is 0 Å². The molecule has 1 aromatic carbocycles. The molecule has 0 bridgehead atoms. The highest BCUT2D eigenvalue weighted by molar-refractivity contribution is 7.99. The van der Waals surface area contributed by atoms with Gasteiger partial charge in [-0.2, -0.15) is 11.8 Å². The number of carboxylic acids is 1. The van der Waals surface area contributed by atoms with Gasteiger partial charge in [-0.05, 0) is 18.4 Å². The molecule has 3 heteroatoms. The number of thioether (sulfide) groups is 1. The number of benzene rings is 1. The van der Waals surface area contributed by atoms with Crippen molar-refractivity contribution in [1.29, 1.82) is 0 Å². The fourth-order valence-corrected chi connectivity index (χ4v) is 3.12. The SMILES string of the molecule is O=C(O)C1CCC1SCc1ccccc1. The van der Waals surface area contributed by atoms with Crippen molar-refractivity contribution in [2.24, 2.45) is 5.92 Å². The molecule has 2 atom stereocenters. The normalized spacial score (nSPS) is 24.5. The van der Waals surface area contributed by atoms with Gasteiger partial charge in [-0.25, -0.2) is 0 Å². The molecule has 0 saturated heterocycles. The molecule has 0 amide bonds. The first-order valence-electron chi connectivity index (χ1n) is 5.15. The van der Waals surface area contributed by atoms with E-state index in [0.29, 0.717) is 5.25 Å². The molecule has 1 aliphatic carbocycles. The van der Waals surface area contributed by atoms with Gasteiger partial charge in [0.2, 0.25) is 0 Å². The first kappa shape index (κ1) is 10.6. The molecule has 0 aromatic heterocycles. The van der Waals surface area contributed by atoms with E-state index in [9.17, 15) is 4.79 Å². The molecule has 1 aliphatic rings. The Morgan fingerprint density at radius 3 is 2.60 bits per heavy atom. The Bertz CT molecular complexity index is 337. The van der Waals surface area contributed by atoms with E-state index >= 15 is 0 Å². The van der Waals surface area contributed by atoms with E-state index in [4.69, 9.17) is 5.11 Å². The smallest absolute Gasteiger partial charge is 0.307 e. The minimum atomic E-state index is -0.633. The van der Waals surface area contributed by atoms with Gasteiger partial charge in [-0.1, -0.05) is 30.3 Å². The van der Waals surface area contributed by atoms with Gasteiger partial charge in [0.15, 0.2) is 0 Å². The third-order valence-electron chi connectivity index (χ3n) is 2.84. The molecule has 1 saturated carbocycles. The van der Waals surface area contributed by atoms with Crippen LogP contribution in [0.1, 0.15) is 18.4 Å². The zero-order valence-corrected chi connectivity index (χ0v) is 9.24. The Morgan fingerprint density at radius 1 is 1.33 bits per heavy atom. The number of rotatable bonds is 4. The van der Waals surface area contributed by atoms with E-state index < -0.39 is 5.97 Å². The Balaban J connectivity index is 1.82. The van der Waals surface area contributed by atoms with E-state index in [0.717, 1.165) is 18.6 Å². The van der Waals surface area contributed by atoms with E-state index in [1.165, 1.54) is 5.56 Å². The quantitative estimate of drug-likeness (QED) is 0.851. The molecule has 0 spiro atoms. The molecule has 15 heavy (non-hydrogen) atoms. The number of hydrogen-bond acceptors (Lipinski definition) is 2. The monoisotopic (exact) mass is 222 g/mol. The average Bonchev–Trinajstić information content (AvgIpc) is 2.17. The molecule has 1 N–H and O–H groups in total. The second-order valence-corrected chi connectivity index (χ2v) is 5.08. The first-order chi connectivity index (χ1) is 7.27. The van der Waals surface area contributed by atoms with E-state index in [1.54, 1.807) is 11.8 Å². The lowest BCUT2D eigenvalue weighted by Gasteiger charge is -2.32. The van der Waals surface area contributed by atoms with Crippen molar-refractivity contribution in [2.45, 2.75) is 23.8 Å². The summed E-state index contributed by atoms with van der Waals surface area (Å²) < 4.78 is 0. The Labute approximate surface area is 93.7 Å². The number of hydrogen-bond donors (Lipinski definition) is 1. The number of aliphatic carboxylic acids is 1. The third-order valence-corrected chi connectivity index (χ3v) is 4.33. The molecule has 0 radical (unpaired) electrons. The fraction of sp³-hybridized carbons (Fsp3) is 0.417. The lowest BCUT2D eigenvalue weighted by molar-refractivity contribution is -0.144. The van der Waals surface area contributed by atoms with Crippen LogP contribution in [0.4, 0.5) is 0 Å². The molecular weight excluding hydrogens is 208 g/mol. The first-order valence-corrected chi connectivity index (χ1v) is 6.20. The maximum absolute atomic E-state index is 10.8. The average molecular weight is 222 g/mol. The molecule has 80 valence electrons. The van der Waals surface area contributed by atoms with Crippen molar-refractivity contribution in [2.75, 3.05) is 0 Å². The maximum atomic E-state index is 10.8. The zero-order valence-electron chi connectivity index (χ0n) is 8.43. The van der Waals surface area contributed by atoms with Crippen LogP contribution in [0.15, 0.2) is 30.3 Å². The van der Waals surface area contributed by atoms with Gasteiger partial charge >= 0.3 is 5.97 Å². The second-order valence-electron chi connectivity index (χ2n) is 3.86. The summed E-state index contributed by atoms with van der Waals surface area (Å²) in [5.74, 6) is 0.181. The molecule has 2 nitrogen and oxygen atoms in total. The van der Waals surface area contributed by atoms with Gasteiger partial charge in [0.1, 0.15) is 0 Å². The van der Waals surface area contributed by atoms with Crippen molar-refractivity contribution in [3.8, 4) is 0 Å². The standard InChI is InChI=1S/C12H14O2S/c13-12(14)10-6-7-11(10)15-8-9-4-2-1-3-5-9/h1-5,10-11H,6-8H2,(H,13,14). The van der Waals surface area contributed by atoms with Crippen molar-refractivity contribution >= 4 is 17.7 Å². The van der Waals surface area contributed by atoms with Crippen molar-refractivity contribution in [3.05, 3.63) is 35.9 Å². The molecular formula is C12H14O2S. The van der Waals surface area contributed by atoms with Crippen LogP contribution < -0.4 is 0 Å². The van der Waals surface area contributed by atoms with Crippen LogP contribution in [-0.4, -0.2) is 16.3 Å². The Hall–Kier alpha value is -0.960. The Kier molecular flexibility index (Phi) is 3.31. The van der Waals surface area contributed by atoms with Crippen LogP contribution in [0.3, 0.4) is 0 Å². The van der Waals surface area contributed by atoms with Crippen LogP contribution in [-0.2, 0) is 10.5 Å². The van der Waals surface area contributed by atoms with Gasteiger partial charge < -0.3 is 5.11 Å². The summed E-state index contributed by atoms with van der Waals surface area (Å²) in [4.78, 5) is 10.8. The summed E-state index contributed by atoms with van der Waals surface area (Å²) in [6.45, 7) is 0. The lowest BCUT2D eigenvalue weighted by Crippen LogP contribution is -2.35. The topological polar surface area (TPSA) is 37.3 Å². The van der Waals surface area contributed by atoms with E-state index in [2.05, 4.69) is 12.1 Å². The van der Waals surface area contributed by atoms with Crippen molar-refractivity contribution in [1.82, 2.24) is 0 Å². The van der Waals surface area contributed by atoms with Gasteiger partial charge in [-0.3, -0.25) is 4.79 Å². The molecule has 2 unspecified atom stereocenters. The van der Waals surface area contributed by atoms with Gasteiger partial charge in [0.25, 0.3) is 0 Å². The molecule has 1 aromatic rings. The third kappa shape index (κ3) is 2.53. The maximum Gasteiger partial charge on any atom is 0.307 e. The van der Waals surface area contributed by atoms with E-state index in [1.807, 2.05) is 18.2 Å². The van der Waals surface area contributed by atoms with Crippen molar-refractivity contribution in [3.63, 3.8) is 0 Å². The van der Waals surface area contributed by atoms with Crippen molar-refractivity contribution < 1.29 is 9.90 Å². The predicted octanol–water partition coefficient (Wildman–Crippen LogP) is 2.78. The molecule has 2 rings (SSSR count). The summed E-state index contributed by atoms with van der Waals surface area (Å²) >= 11 is 1.77. The summed E-state index contributed by atoms with van der Waals surface area (Å²) in [5.41, 5.74) is 1.28. The van der Waals surface area contributed by atoms with Crippen LogP contribution >= 0.6 is 11.8 Å². The molecule has 0 heterocycles. The van der Waals surface area contributed by atoms with Crippen LogP contribution in [0, 0.1) is 5.92 Å². The second kappa shape index (κ2) is 4.71. The zero-order chi connectivity index (χ0) is 10.7. The Morgan fingerprint density at radius 2 is 2.07 bits per heavy atom. The van der Waals surface area contributed by atoms with E-state index in [-0.39, 0.29) is 5.92 Å². The van der Waals surface area contributed by atoms with Gasteiger partial charge in [0, 0.05) is 11.0 Å². The lowest BCUT2D eigenvalue weighted by atomic mass is 9.85. The predicted molar refractivity (Wildman–Crippen MR) is 61.9 cm³/mol. The van der Waals surface area contributed by atoms with Crippen LogP contribution in [0.25, 0.3) is 0 Å².